The fourth-order valence-corrected chi connectivity index (χ4v) is 0.802. The van der Waals surface area contributed by atoms with E-state index in [0.717, 1.165) is 0 Å². The van der Waals surface area contributed by atoms with Gasteiger partial charge in [-0.1, -0.05) is 6.92 Å². The Morgan fingerprint density at radius 2 is 2.42 bits per heavy atom. The minimum Gasteiger partial charge on any atom is -0.321 e. The average molecular weight is 165 g/mol. The summed E-state index contributed by atoms with van der Waals surface area (Å²) in [5, 5.41) is 0. The highest BCUT2D eigenvalue weighted by Crippen LogP contribution is 1.98. The second kappa shape index (κ2) is 3.92. The Kier molecular flexibility index (Phi) is 2.88. The van der Waals surface area contributed by atoms with Crippen LogP contribution in [0, 0.1) is 0 Å². The number of hydrogen-bond donors (Lipinski definition) is 1. The smallest absolute Gasteiger partial charge is 0.199 e. The molecule has 0 radical (unpaired) electrons. The van der Waals surface area contributed by atoms with Gasteiger partial charge >= 0.3 is 0 Å². The van der Waals surface area contributed by atoms with Crippen LogP contribution in [0.2, 0.25) is 0 Å². The van der Waals surface area contributed by atoms with Crippen LogP contribution in [0.1, 0.15) is 23.8 Å². The molecule has 0 aliphatic carbocycles. The first-order chi connectivity index (χ1) is 5.75. The van der Waals surface area contributed by atoms with Gasteiger partial charge in [-0.25, -0.2) is 4.98 Å². The standard InChI is InChI=1S/C8H11N3O/c1-2-6(9)8(12)7-5-10-3-4-11-7/h3-6H,2,9H2,1H3. The maximum absolute atomic E-state index is 11.3. The molecular weight excluding hydrogens is 154 g/mol. The molecule has 0 aliphatic heterocycles. The van der Waals surface area contributed by atoms with Crippen molar-refractivity contribution in [1.29, 1.82) is 0 Å². The van der Waals surface area contributed by atoms with Gasteiger partial charge in [0.05, 0.1) is 12.2 Å². The molecule has 1 aromatic rings. The molecule has 1 atom stereocenters. The van der Waals surface area contributed by atoms with E-state index in [1.165, 1.54) is 18.6 Å². The summed E-state index contributed by atoms with van der Waals surface area (Å²) < 4.78 is 0. The number of Topliss-reactive ketones (excluding diaryl/α,β-unsaturated/α-hetero) is 1. The number of hydrogen-bond acceptors (Lipinski definition) is 4. The van der Waals surface area contributed by atoms with Crippen molar-refractivity contribution in [3.63, 3.8) is 0 Å². The van der Waals surface area contributed by atoms with Crippen LogP contribution in [0.15, 0.2) is 18.6 Å². The summed E-state index contributed by atoms with van der Waals surface area (Å²) in [6, 6.07) is -0.457. The van der Waals surface area contributed by atoms with E-state index in [9.17, 15) is 4.79 Å². The molecule has 2 N–H and O–H groups in total. The van der Waals surface area contributed by atoms with Gasteiger partial charge in [-0.05, 0) is 6.42 Å². The second-order valence-corrected chi connectivity index (χ2v) is 2.47. The van der Waals surface area contributed by atoms with Crippen molar-refractivity contribution in [3.05, 3.63) is 24.3 Å². The summed E-state index contributed by atoms with van der Waals surface area (Å²) in [6.45, 7) is 1.86. The van der Waals surface area contributed by atoms with Gasteiger partial charge in [0, 0.05) is 12.4 Å². The molecule has 1 rings (SSSR count). The zero-order valence-electron chi connectivity index (χ0n) is 6.90. The minimum absolute atomic E-state index is 0.148. The molecule has 0 saturated carbocycles. The zero-order chi connectivity index (χ0) is 8.97. The van der Waals surface area contributed by atoms with Crippen molar-refractivity contribution in [2.45, 2.75) is 19.4 Å². The molecule has 0 bridgehead atoms. The second-order valence-electron chi connectivity index (χ2n) is 2.47. The molecule has 4 heteroatoms. The lowest BCUT2D eigenvalue weighted by Gasteiger charge is -2.04. The first-order valence-electron chi connectivity index (χ1n) is 3.81. The van der Waals surface area contributed by atoms with E-state index in [1.54, 1.807) is 0 Å². The van der Waals surface area contributed by atoms with Crippen molar-refractivity contribution < 1.29 is 4.79 Å². The van der Waals surface area contributed by atoms with Crippen LogP contribution in [0.25, 0.3) is 0 Å². The maximum Gasteiger partial charge on any atom is 0.199 e. The molecule has 1 aromatic heterocycles. The van der Waals surface area contributed by atoms with Crippen molar-refractivity contribution in [3.8, 4) is 0 Å². The van der Waals surface area contributed by atoms with E-state index in [1.807, 2.05) is 6.92 Å². The van der Waals surface area contributed by atoms with Crippen LogP contribution in [0.5, 0.6) is 0 Å². The molecule has 0 aliphatic rings. The molecular formula is C8H11N3O. The third-order valence-electron chi connectivity index (χ3n) is 1.59. The lowest BCUT2D eigenvalue weighted by Crippen LogP contribution is -2.30. The predicted molar refractivity (Wildman–Crippen MR) is 44.6 cm³/mol. The monoisotopic (exact) mass is 165 g/mol. The van der Waals surface area contributed by atoms with Crippen LogP contribution in [-0.2, 0) is 0 Å². The predicted octanol–water partition coefficient (Wildman–Crippen LogP) is 0.397. The molecule has 0 aromatic carbocycles. The molecule has 1 heterocycles. The number of ketones is 1. The van der Waals surface area contributed by atoms with Crippen LogP contribution in [-0.4, -0.2) is 21.8 Å². The third kappa shape index (κ3) is 1.85. The zero-order valence-corrected chi connectivity index (χ0v) is 6.90. The fourth-order valence-electron chi connectivity index (χ4n) is 0.802. The highest BCUT2D eigenvalue weighted by Gasteiger charge is 2.14. The number of carbonyl (C=O) groups excluding carboxylic acids is 1. The molecule has 0 spiro atoms. The molecule has 4 nitrogen and oxygen atoms in total. The van der Waals surface area contributed by atoms with E-state index in [0.29, 0.717) is 12.1 Å². The molecule has 0 saturated heterocycles. The molecule has 1 unspecified atom stereocenters. The van der Waals surface area contributed by atoms with E-state index < -0.39 is 6.04 Å². The fraction of sp³-hybridized carbons (Fsp3) is 0.375. The summed E-state index contributed by atoms with van der Waals surface area (Å²) >= 11 is 0. The number of nitrogens with zero attached hydrogens (tertiary/aromatic N) is 2. The molecule has 64 valence electrons. The van der Waals surface area contributed by atoms with Crippen LogP contribution in [0.3, 0.4) is 0 Å². The normalized spacial score (nSPS) is 12.5. The Balaban J connectivity index is 2.79. The van der Waals surface area contributed by atoms with E-state index in [4.69, 9.17) is 5.73 Å². The SMILES string of the molecule is CCC(N)C(=O)c1cnccn1. The van der Waals surface area contributed by atoms with Crippen LogP contribution < -0.4 is 5.73 Å². The van der Waals surface area contributed by atoms with E-state index >= 15 is 0 Å². The summed E-state index contributed by atoms with van der Waals surface area (Å²) in [5.41, 5.74) is 5.87. The highest BCUT2D eigenvalue weighted by atomic mass is 16.1. The van der Waals surface area contributed by atoms with Gasteiger partial charge in [-0.2, -0.15) is 0 Å². The first kappa shape index (κ1) is 8.80. The molecule has 0 amide bonds. The van der Waals surface area contributed by atoms with Crippen molar-refractivity contribution in [1.82, 2.24) is 9.97 Å². The number of aromatic nitrogens is 2. The lowest BCUT2D eigenvalue weighted by atomic mass is 10.1. The van der Waals surface area contributed by atoms with Crippen molar-refractivity contribution in [2.75, 3.05) is 0 Å². The highest BCUT2D eigenvalue weighted by molar-refractivity contribution is 5.97. The van der Waals surface area contributed by atoms with Gasteiger partial charge in [0.25, 0.3) is 0 Å². The van der Waals surface area contributed by atoms with Gasteiger partial charge < -0.3 is 5.73 Å². The Morgan fingerprint density at radius 1 is 1.67 bits per heavy atom. The van der Waals surface area contributed by atoms with Crippen molar-refractivity contribution in [2.24, 2.45) is 5.73 Å². The van der Waals surface area contributed by atoms with Gasteiger partial charge in [0.15, 0.2) is 5.78 Å². The lowest BCUT2D eigenvalue weighted by molar-refractivity contribution is 0.0954. The van der Waals surface area contributed by atoms with Crippen molar-refractivity contribution >= 4 is 5.78 Å². The largest absolute Gasteiger partial charge is 0.321 e. The Labute approximate surface area is 70.8 Å². The topological polar surface area (TPSA) is 68.9 Å². The van der Waals surface area contributed by atoms with Gasteiger partial charge in [-0.15, -0.1) is 0 Å². The average Bonchev–Trinajstić information content (AvgIpc) is 2.17. The van der Waals surface area contributed by atoms with Gasteiger partial charge in [0.2, 0.25) is 0 Å². The molecule has 0 fully saturated rings. The Hall–Kier alpha value is -1.29. The number of rotatable bonds is 3. The van der Waals surface area contributed by atoms with Crippen LogP contribution >= 0.6 is 0 Å². The Morgan fingerprint density at radius 3 is 2.92 bits per heavy atom. The maximum atomic E-state index is 11.3. The minimum atomic E-state index is -0.457. The summed E-state index contributed by atoms with van der Waals surface area (Å²) in [7, 11) is 0. The molecule has 12 heavy (non-hydrogen) atoms. The van der Waals surface area contributed by atoms with Gasteiger partial charge in [-0.3, -0.25) is 9.78 Å². The first-order valence-corrected chi connectivity index (χ1v) is 3.81. The third-order valence-corrected chi connectivity index (χ3v) is 1.59. The Bertz CT molecular complexity index is 260. The van der Waals surface area contributed by atoms with Crippen LogP contribution in [0.4, 0.5) is 0 Å². The van der Waals surface area contributed by atoms with E-state index in [2.05, 4.69) is 9.97 Å². The quantitative estimate of drug-likeness (QED) is 0.658. The number of nitrogens with two attached hydrogens (primary N) is 1. The summed E-state index contributed by atoms with van der Waals surface area (Å²) in [4.78, 5) is 19.0. The summed E-state index contributed by atoms with van der Waals surface area (Å²) in [5.74, 6) is -0.148. The van der Waals surface area contributed by atoms with Gasteiger partial charge in [0.1, 0.15) is 5.69 Å². The summed E-state index contributed by atoms with van der Waals surface area (Å²) in [6.07, 6.45) is 5.05. The number of carbonyl (C=O) groups is 1. The van der Waals surface area contributed by atoms with E-state index in [-0.39, 0.29) is 5.78 Å².